The highest BCUT2D eigenvalue weighted by Gasteiger charge is 2.31. The van der Waals surface area contributed by atoms with E-state index in [0.717, 1.165) is 11.6 Å². The lowest BCUT2D eigenvalue weighted by atomic mass is 10.0. The fraction of sp³-hybridized carbons (Fsp3) is 0.125. The zero-order valence-electron chi connectivity index (χ0n) is 12.0. The standard InChI is InChI=1S/C16H12N2O4/c1-21-11-8-10(19)13-14(15(11)20)18-16(22-2)12(17-13)9-6-4-3-5-7-9/h3-8H,1-2H3. The van der Waals surface area contributed by atoms with Gasteiger partial charge in [-0.15, -0.1) is 0 Å². The molecule has 1 aromatic carbocycles. The molecule has 0 N–H and O–H groups in total. The molecule has 22 heavy (non-hydrogen) atoms. The first kappa shape index (κ1) is 13.9. The number of hydrogen-bond acceptors (Lipinski definition) is 6. The highest BCUT2D eigenvalue weighted by atomic mass is 16.5. The SMILES string of the molecule is COC1=CC(=O)c2nc(-c3ccccc3)c(OC)nc2C1=O. The topological polar surface area (TPSA) is 78.4 Å². The average Bonchev–Trinajstić information content (AvgIpc) is 2.57. The van der Waals surface area contributed by atoms with Gasteiger partial charge < -0.3 is 9.47 Å². The van der Waals surface area contributed by atoms with Crippen LogP contribution in [0.15, 0.2) is 42.2 Å². The summed E-state index contributed by atoms with van der Waals surface area (Å²) in [5.41, 5.74) is 1.11. The van der Waals surface area contributed by atoms with E-state index in [4.69, 9.17) is 9.47 Å². The third-order valence-corrected chi connectivity index (χ3v) is 3.26. The maximum absolute atomic E-state index is 12.2. The van der Waals surface area contributed by atoms with Gasteiger partial charge in [0.25, 0.3) is 0 Å². The molecule has 3 rings (SSSR count). The molecule has 2 aromatic rings. The number of ketones is 2. The summed E-state index contributed by atoms with van der Waals surface area (Å²) in [6.45, 7) is 0. The van der Waals surface area contributed by atoms with Gasteiger partial charge in [0, 0.05) is 11.6 Å². The van der Waals surface area contributed by atoms with Gasteiger partial charge in [-0.05, 0) is 0 Å². The predicted molar refractivity (Wildman–Crippen MR) is 77.8 cm³/mol. The number of rotatable bonds is 3. The number of hydrogen-bond donors (Lipinski definition) is 0. The van der Waals surface area contributed by atoms with Gasteiger partial charge in [-0.1, -0.05) is 30.3 Å². The van der Waals surface area contributed by atoms with Gasteiger partial charge in [0.1, 0.15) is 17.1 Å². The molecule has 1 aliphatic carbocycles. The molecule has 0 fully saturated rings. The summed E-state index contributed by atoms with van der Waals surface area (Å²) in [5, 5.41) is 0. The minimum atomic E-state index is -0.484. The number of aromatic nitrogens is 2. The largest absolute Gasteiger partial charge is 0.492 e. The Bertz CT molecular complexity index is 797. The highest BCUT2D eigenvalue weighted by molar-refractivity contribution is 6.22. The van der Waals surface area contributed by atoms with Gasteiger partial charge in [0.05, 0.1) is 14.2 Å². The quantitative estimate of drug-likeness (QED) is 0.862. The zero-order valence-corrected chi connectivity index (χ0v) is 12.0. The van der Waals surface area contributed by atoms with Gasteiger partial charge in [-0.2, -0.15) is 0 Å². The molecular weight excluding hydrogens is 284 g/mol. The van der Waals surface area contributed by atoms with Gasteiger partial charge >= 0.3 is 0 Å². The lowest BCUT2D eigenvalue weighted by molar-refractivity contribution is 0.0908. The van der Waals surface area contributed by atoms with E-state index in [2.05, 4.69) is 9.97 Å². The van der Waals surface area contributed by atoms with Crippen LogP contribution in [0.25, 0.3) is 11.3 Å². The summed E-state index contributed by atoms with van der Waals surface area (Å²) in [6, 6.07) is 9.19. The fourth-order valence-electron chi connectivity index (χ4n) is 2.20. The van der Waals surface area contributed by atoms with Crippen molar-refractivity contribution in [2.45, 2.75) is 0 Å². The van der Waals surface area contributed by atoms with E-state index in [-0.39, 0.29) is 23.0 Å². The molecule has 6 heteroatoms. The Hall–Kier alpha value is -3.02. The molecule has 0 saturated carbocycles. The molecule has 0 aliphatic heterocycles. The van der Waals surface area contributed by atoms with Gasteiger partial charge in [0.2, 0.25) is 17.4 Å². The van der Waals surface area contributed by atoms with Crippen molar-refractivity contribution in [3.63, 3.8) is 0 Å². The van der Waals surface area contributed by atoms with Crippen molar-refractivity contribution in [3.05, 3.63) is 53.6 Å². The van der Waals surface area contributed by atoms with Gasteiger partial charge in [0.15, 0.2) is 5.76 Å². The Morgan fingerprint density at radius 3 is 2.23 bits per heavy atom. The normalized spacial score (nSPS) is 13.5. The van der Waals surface area contributed by atoms with Crippen molar-refractivity contribution in [2.24, 2.45) is 0 Å². The van der Waals surface area contributed by atoms with E-state index in [1.54, 1.807) is 0 Å². The van der Waals surface area contributed by atoms with Crippen molar-refractivity contribution in [2.75, 3.05) is 14.2 Å². The number of benzene rings is 1. The van der Waals surface area contributed by atoms with E-state index >= 15 is 0 Å². The second kappa shape index (κ2) is 5.40. The summed E-state index contributed by atoms with van der Waals surface area (Å²) in [6.07, 6.45) is 1.13. The Morgan fingerprint density at radius 1 is 0.864 bits per heavy atom. The van der Waals surface area contributed by atoms with E-state index in [1.165, 1.54) is 14.2 Å². The van der Waals surface area contributed by atoms with Crippen molar-refractivity contribution >= 4 is 11.6 Å². The lowest BCUT2D eigenvalue weighted by Crippen LogP contribution is -2.22. The number of carbonyl (C=O) groups excluding carboxylic acids is 2. The molecule has 1 aromatic heterocycles. The van der Waals surface area contributed by atoms with Crippen molar-refractivity contribution in [1.29, 1.82) is 0 Å². The highest BCUT2D eigenvalue weighted by Crippen LogP contribution is 2.29. The van der Waals surface area contributed by atoms with Crippen LogP contribution in [-0.2, 0) is 4.74 Å². The monoisotopic (exact) mass is 296 g/mol. The van der Waals surface area contributed by atoms with Crippen LogP contribution in [0.4, 0.5) is 0 Å². The average molecular weight is 296 g/mol. The van der Waals surface area contributed by atoms with Crippen LogP contribution in [0, 0.1) is 0 Å². The number of fused-ring (bicyclic) bond motifs is 1. The summed E-state index contributed by atoms with van der Waals surface area (Å²) < 4.78 is 10.1. The minimum absolute atomic E-state index is 0.00505. The molecule has 0 radical (unpaired) electrons. The van der Waals surface area contributed by atoms with Crippen LogP contribution >= 0.6 is 0 Å². The third kappa shape index (κ3) is 2.14. The molecule has 1 aliphatic rings. The Kier molecular flexibility index (Phi) is 3.42. The van der Waals surface area contributed by atoms with E-state index in [9.17, 15) is 9.59 Å². The maximum Gasteiger partial charge on any atom is 0.248 e. The smallest absolute Gasteiger partial charge is 0.248 e. The van der Waals surface area contributed by atoms with Crippen molar-refractivity contribution in [1.82, 2.24) is 9.97 Å². The molecule has 0 spiro atoms. The van der Waals surface area contributed by atoms with Crippen LogP contribution in [0.1, 0.15) is 21.0 Å². The number of methoxy groups -OCH3 is 2. The number of ether oxygens (including phenoxy) is 2. The maximum atomic E-state index is 12.2. The number of Topliss-reactive ketones (excluding diaryl/α,β-unsaturated/α-hetero) is 1. The summed E-state index contributed by atoms with van der Waals surface area (Å²) in [7, 11) is 2.76. The van der Waals surface area contributed by atoms with Crippen molar-refractivity contribution in [3.8, 4) is 17.1 Å². The predicted octanol–water partition coefficient (Wildman–Crippen LogP) is 2.06. The third-order valence-electron chi connectivity index (χ3n) is 3.26. The van der Waals surface area contributed by atoms with Crippen LogP contribution in [-0.4, -0.2) is 35.8 Å². The summed E-state index contributed by atoms with van der Waals surface area (Å²) in [4.78, 5) is 32.8. The van der Waals surface area contributed by atoms with Crippen molar-refractivity contribution < 1.29 is 19.1 Å². The number of allylic oxidation sites excluding steroid dienone is 2. The first-order chi connectivity index (χ1) is 10.7. The number of nitrogens with zero attached hydrogens (tertiary/aromatic N) is 2. The fourth-order valence-corrected chi connectivity index (χ4v) is 2.20. The van der Waals surface area contributed by atoms with E-state index < -0.39 is 11.6 Å². The molecule has 0 atom stereocenters. The molecule has 0 unspecified atom stereocenters. The first-order valence-corrected chi connectivity index (χ1v) is 6.52. The van der Waals surface area contributed by atoms with Crippen LogP contribution < -0.4 is 4.74 Å². The second-order valence-electron chi connectivity index (χ2n) is 4.55. The van der Waals surface area contributed by atoms with E-state index in [1.807, 2.05) is 30.3 Å². The zero-order chi connectivity index (χ0) is 15.7. The minimum Gasteiger partial charge on any atom is -0.492 e. The lowest BCUT2D eigenvalue weighted by Gasteiger charge is -2.15. The van der Waals surface area contributed by atoms with E-state index in [0.29, 0.717) is 5.69 Å². The second-order valence-corrected chi connectivity index (χ2v) is 4.55. The van der Waals surface area contributed by atoms with Crippen LogP contribution in [0.2, 0.25) is 0 Å². The Morgan fingerprint density at radius 2 is 1.59 bits per heavy atom. The first-order valence-electron chi connectivity index (χ1n) is 6.52. The molecule has 6 nitrogen and oxygen atoms in total. The van der Waals surface area contributed by atoms with Gasteiger partial charge in [-0.25, -0.2) is 9.97 Å². The van der Waals surface area contributed by atoms with Gasteiger partial charge in [-0.3, -0.25) is 9.59 Å². The summed E-state index contributed by atoms with van der Waals surface area (Å²) in [5.74, 6) is -0.772. The molecular formula is C16H12N2O4. The molecule has 0 bridgehead atoms. The summed E-state index contributed by atoms with van der Waals surface area (Å²) >= 11 is 0. The van der Waals surface area contributed by atoms with Crippen LogP contribution in [0.5, 0.6) is 5.88 Å². The van der Waals surface area contributed by atoms with Crippen LogP contribution in [0.3, 0.4) is 0 Å². The molecule has 0 amide bonds. The molecule has 1 heterocycles. The Labute approximate surface area is 126 Å². The Balaban J connectivity index is 2.22. The number of carbonyl (C=O) groups is 2. The molecule has 0 saturated heterocycles. The molecule has 110 valence electrons.